The molecule has 0 rings (SSSR count). The van der Waals surface area contributed by atoms with Crippen LogP contribution in [0.4, 0.5) is 0 Å². The molecule has 364 valence electrons. The first-order chi connectivity index (χ1) is 30.5. The Bertz CT molecular complexity index is 1310. The summed E-state index contributed by atoms with van der Waals surface area (Å²) in [7, 11) is -4.74. The van der Waals surface area contributed by atoms with Gasteiger partial charge in [-0.1, -0.05) is 203 Å². The van der Waals surface area contributed by atoms with Crippen LogP contribution in [0.25, 0.3) is 0 Å². The molecule has 0 aliphatic carbocycles. The van der Waals surface area contributed by atoms with Crippen LogP contribution in [0, 0.1) is 0 Å². The number of carboxylic acid groups (broad SMARTS) is 1. The number of aliphatic hydroxyl groups is 1. The standard InChI is InChI=1S/C50H88NO11P/c1-3-5-7-8-9-10-11-12-13-14-15-16-17-18-19-20-25-28-31-34-37-41-49(54)62-46(43-60-63(57,58)61-44-47(51)50(55)56)42-59-48(53)40-36-33-30-27-24-22-21-23-26-29-32-35-39-45(52)38-6-4-2/h6,21-22,26-27,29-30,32,35,38,45-47,52H,3-5,7-20,23-25,28,31,33-34,36-37,39-44,51H2,1-2H3,(H,55,56)(H,57,58)/b22-21-,29-26-,30-27-,35-32+,38-6-/t45?,46-,47+/m1/s1. The zero-order valence-electron chi connectivity index (χ0n) is 39.3. The number of nitrogens with two attached hydrogens (primary N) is 1. The molecular weight excluding hydrogens is 822 g/mol. The molecule has 4 atom stereocenters. The highest BCUT2D eigenvalue weighted by Gasteiger charge is 2.28. The van der Waals surface area contributed by atoms with Gasteiger partial charge < -0.3 is 30.3 Å². The Morgan fingerprint density at radius 2 is 1.06 bits per heavy atom. The van der Waals surface area contributed by atoms with E-state index in [2.05, 4.69) is 23.6 Å². The molecule has 0 heterocycles. The van der Waals surface area contributed by atoms with Crippen LogP contribution >= 0.6 is 7.82 Å². The number of phosphoric acid groups is 1. The number of hydrogen-bond acceptors (Lipinski definition) is 10. The van der Waals surface area contributed by atoms with Gasteiger partial charge in [-0.25, -0.2) is 4.57 Å². The molecule has 0 aliphatic rings. The third-order valence-electron chi connectivity index (χ3n) is 10.4. The van der Waals surface area contributed by atoms with Gasteiger partial charge in [0.15, 0.2) is 6.10 Å². The lowest BCUT2D eigenvalue weighted by molar-refractivity contribution is -0.161. The van der Waals surface area contributed by atoms with Crippen molar-refractivity contribution in [1.82, 2.24) is 0 Å². The monoisotopic (exact) mass is 910 g/mol. The number of phosphoric ester groups is 1. The van der Waals surface area contributed by atoms with Gasteiger partial charge in [-0.05, 0) is 44.9 Å². The summed E-state index contributed by atoms with van der Waals surface area (Å²) >= 11 is 0. The normalized spacial score (nSPS) is 14.6. The zero-order chi connectivity index (χ0) is 46.5. The summed E-state index contributed by atoms with van der Waals surface area (Å²) in [5.74, 6) is -2.48. The van der Waals surface area contributed by atoms with E-state index in [-0.39, 0.29) is 19.4 Å². The van der Waals surface area contributed by atoms with Gasteiger partial charge in [0.2, 0.25) is 0 Å². The highest BCUT2D eigenvalue weighted by molar-refractivity contribution is 7.47. The average Bonchev–Trinajstić information content (AvgIpc) is 3.26. The molecule has 63 heavy (non-hydrogen) atoms. The molecule has 0 aromatic rings. The molecule has 13 heteroatoms. The first kappa shape index (κ1) is 60.1. The van der Waals surface area contributed by atoms with E-state index >= 15 is 0 Å². The molecule has 0 fully saturated rings. The highest BCUT2D eigenvalue weighted by Crippen LogP contribution is 2.43. The Balaban J connectivity index is 4.36. The number of aliphatic carboxylic acids is 1. The first-order valence-electron chi connectivity index (χ1n) is 24.4. The van der Waals surface area contributed by atoms with Gasteiger partial charge in [0, 0.05) is 12.8 Å². The van der Waals surface area contributed by atoms with E-state index in [0.717, 1.165) is 38.5 Å². The van der Waals surface area contributed by atoms with Crippen molar-refractivity contribution >= 4 is 25.7 Å². The summed E-state index contributed by atoms with van der Waals surface area (Å²) in [5, 5.41) is 18.7. The minimum atomic E-state index is -4.74. The summed E-state index contributed by atoms with van der Waals surface area (Å²) in [6, 6.07) is -1.54. The second-order valence-electron chi connectivity index (χ2n) is 16.4. The number of carbonyl (C=O) groups excluding carboxylic acids is 2. The van der Waals surface area contributed by atoms with E-state index in [1.54, 1.807) is 6.08 Å². The number of carboxylic acids is 1. The van der Waals surface area contributed by atoms with Gasteiger partial charge in [-0.2, -0.15) is 0 Å². The van der Waals surface area contributed by atoms with Crippen molar-refractivity contribution in [1.29, 1.82) is 0 Å². The summed E-state index contributed by atoms with van der Waals surface area (Å²) in [5.41, 5.74) is 5.34. The quantitative estimate of drug-likeness (QED) is 0.0149. The van der Waals surface area contributed by atoms with E-state index in [1.807, 2.05) is 49.5 Å². The number of aliphatic hydroxyl groups excluding tert-OH is 1. The molecule has 0 aliphatic heterocycles. The molecule has 0 saturated carbocycles. The van der Waals surface area contributed by atoms with Gasteiger partial charge in [-0.15, -0.1) is 0 Å². The number of rotatable bonds is 45. The number of hydrogen-bond donors (Lipinski definition) is 4. The fraction of sp³-hybridized carbons (Fsp3) is 0.740. The molecule has 0 saturated heterocycles. The Hall–Kier alpha value is -2.86. The zero-order valence-corrected chi connectivity index (χ0v) is 40.2. The fourth-order valence-corrected chi connectivity index (χ4v) is 7.31. The number of allylic oxidation sites excluding steroid dienone is 8. The van der Waals surface area contributed by atoms with E-state index < -0.39 is 57.2 Å². The van der Waals surface area contributed by atoms with Gasteiger partial charge in [0.05, 0.1) is 19.3 Å². The molecule has 0 spiro atoms. The minimum absolute atomic E-state index is 0.125. The second-order valence-corrected chi connectivity index (χ2v) is 17.9. The molecule has 0 amide bonds. The van der Waals surface area contributed by atoms with Crippen LogP contribution < -0.4 is 5.73 Å². The Morgan fingerprint density at radius 3 is 1.60 bits per heavy atom. The molecule has 12 nitrogen and oxygen atoms in total. The average molecular weight is 910 g/mol. The van der Waals surface area contributed by atoms with Crippen molar-refractivity contribution in [2.75, 3.05) is 19.8 Å². The van der Waals surface area contributed by atoms with Crippen molar-refractivity contribution in [2.45, 2.75) is 218 Å². The van der Waals surface area contributed by atoms with Crippen LogP contribution in [-0.2, 0) is 37.5 Å². The van der Waals surface area contributed by atoms with Gasteiger partial charge >= 0.3 is 25.7 Å². The van der Waals surface area contributed by atoms with Gasteiger partial charge in [0.25, 0.3) is 0 Å². The van der Waals surface area contributed by atoms with Crippen LogP contribution in [0.15, 0.2) is 60.8 Å². The molecule has 0 aromatic heterocycles. The van der Waals surface area contributed by atoms with Crippen molar-refractivity contribution in [3.05, 3.63) is 60.8 Å². The van der Waals surface area contributed by atoms with Gasteiger partial charge in [0.1, 0.15) is 12.6 Å². The van der Waals surface area contributed by atoms with Crippen LogP contribution in [0.1, 0.15) is 200 Å². The lowest BCUT2D eigenvalue weighted by atomic mass is 10.0. The van der Waals surface area contributed by atoms with Crippen LogP contribution in [0.3, 0.4) is 0 Å². The minimum Gasteiger partial charge on any atom is -0.480 e. The Kier molecular flexibility index (Phi) is 42.3. The molecular formula is C50H88NO11P. The van der Waals surface area contributed by atoms with Crippen LogP contribution in [-0.4, -0.2) is 71.1 Å². The SMILES string of the molecule is CC/C=C\C(O)C/C=C/C=C\C/C=C\C/C=C\CCCC(=O)OC[C@H](COP(=O)(O)OC[C@H](N)C(=O)O)OC(=O)CCCCCCCCCCCCCCCCCCCCCCC. The second kappa shape index (κ2) is 44.3. The third-order valence-corrected chi connectivity index (χ3v) is 11.3. The van der Waals surface area contributed by atoms with E-state index in [9.17, 15) is 28.9 Å². The van der Waals surface area contributed by atoms with Crippen LogP contribution in [0.2, 0.25) is 0 Å². The summed E-state index contributed by atoms with van der Waals surface area (Å²) < 4.78 is 32.7. The van der Waals surface area contributed by atoms with Crippen molar-refractivity contribution in [2.24, 2.45) is 5.73 Å². The third kappa shape index (κ3) is 44.1. The molecule has 5 N–H and O–H groups in total. The highest BCUT2D eigenvalue weighted by atomic mass is 31.2. The molecule has 0 radical (unpaired) electrons. The lowest BCUT2D eigenvalue weighted by Crippen LogP contribution is -2.34. The molecule has 0 bridgehead atoms. The Labute approximate surface area is 381 Å². The maximum absolute atomic E-state index is 12.7. The summed E-state index contributed by atoms with van der Waals surface area (Å²) in [6.07, 6.45) is 49.2. The number of unbranched alkanes of at least 4 members (excludes halogenated alkanes) is 21. The smallest absolute Gasteiger partial charge is 0.472 e. The fourth-order valence-electron chi connectivity index (χ4n) is 6.53. The predicted molar refractivity (Wildman–Crippen MR) is 255 cm³/mol. The number of ether oxygens (including phenoxy) is 2. The summed E-state index contributed by atoms with van der Waals surface area (Å²) in [4.78, 5) is 46.1. The summed E-state index contributed by atoms with van der Waals surface area (Å²) in [6.45, 7) is 2.53. The maximum Gasteiger partial charge on any atom is 0.472 e. The largest absolute Gasteiger partial charge is 0.480 e. The number of esters is 2. The lowest BCUT2D eigenvalue weighted by Gasteiger charge is -2.20. The van der Waals surface area contributed by atoms with Crippen molar-refractivity contribution in [3.63, 3.8) is 0 Å². The topological polar surface area (TPSA) is 192 Å². The van der Waals surface area contributed by atoms with E-state index in [1.165, 1.54) is 109 Å². The number of carbonyl (C=O) groups is 3. The Morgan fingerprint density at radius 1 is 0.587 bits per heavy atom. The van der Waals surface area contributed by atoms with Crippen LogP contribution in [0.5, 0.6) is 0 Å². The van der Waals surface area contributed by atoms with E-state index in [0.29, 0.717) is 25.7 Å². The molecule has 2 unspecified atom stereocenters. The van der Waals surface area contributed by atoms with Gasteiger partial charge in [-0.3, -0.25) is 23.4 Å². The van der Waals surface area contributed by atoms with E-state index in [4.69, 9.17) is 24.8 Å². The first-order valence-corrected chi connectivity index (χ1v) is 25.9. The predicted octanol–water partition coefficient (Wildman–Crippen LogP) is 12.5. The molecule has 0 aromatic carbocycles. The van der Waals surface area contributed by atoms with Crippen molar-refractivity contribution in [3.8, 4) is 0 Å². The maximum atomic E-state index is 12.7. The van der Waals surface area contributed by atoms with Crippen molar-refractivity contribution < 1.29 is 52.6 Å².